The highest BCUT2D eigenvalue weighted by molar-refractivity contribution is 5.91. The van der Waals surface area contributed by atoms with Crippen molar-refractivity contribution in [3.05, 3.63) is 98.8 Å². The normalized spacial score (nSPS) is 10.8. The van der Waals surface area contributed by atoms with Gasteiger partial charge in [-0.15, -0.1) is 0 Å². The molecule has 0 saturated carbocycles. The van der Waals surface area contributed by atoms with Crippen molar-refractivity contribution in [1.29, 1.82) is 0 Å². The van der Waals surface area contributed by atoms with E-state index in [1.54, 1.807) is 55.6 Å². The van der Waals surface area contributed by atoms with Crippen molar-refractivity contribution >= 4 is 22.6 Å². The number of hydrogen-bond acceptors (Lipinski definition) is 5. The van der Waals surface area contributed by atoms with E-state index in [-0.39, 0.29) is 24.5 Å². The average Bonchev–Trinajstić information content (AvgIpc) is 2.81. The van der Waals surface area contributed by atoms with Crippen molar-refractivity contribution in [2.75, 3.05) is 12.4 Å². The van der Waals surface area contributed by atoms with Gasteiger partial charge in [0.2, 0.25) is 5.91 Å². The Labute approximate surface area is 183 Å². The van der Waals surface area contributed by atoms with Crippen molar-refractivity contribution in [3.63, 3.8) is 0 Å². The van der Waals surface area contributed by atoms with Crippen LogP contribution in [-0.2, 0) is 17.9 Å². The Morgan fingerprint density at radius 3 is 2.41 bits per heavy atom. The van der Waals surface area contributed by atoms with E-state index in [1.807, 2.05) is 19.1 Å². The van der Waals surface area contributed by atoms with E-state index in [2.05, 4.69) is 10.3 Å². The van der Waals surface area contributed by atoms with Crippen LogP contribution in [0.1, 0.15) is 11.1 Å². The van der Waals surface area contributed by atoms with Crippen molar-refractivity contribution < 1.29 is 9.53 Å². The van der Waals surface area contributed by atoms with Gasteiger partial charge < -0.3 is 10.1 Å². The molecule has 2 aromatic carbocycles. The van der Waals surface area contributed by atoms with Crippen LogP contribution in [0.5, 0.6) is 5.75 Å². The highest BCUT2D eigenvalue weighted by atomic mass is 16.5. The number of nitrogens with one attached hydrogen (secondary N) is 1. The molecule has 1 N–H and O–H groups in total. The van der Waals surface area contributed by atoms with Crippen LogP contribution >= 0.6 is 0 Å². The van der Waals surface area contributed by atoms with Crippen molar-refractivity contribution in [2.24, 2.45) is 0 Å². The van der Waals surface area contributed by atoms with Crippen molar-refractivity contribution in [3.8, 4) is 5.75 Å². The molecule has 4 aromatic rings. The SMILES string of the molecule is COc1ccc(Cn2c(=O)c3ncccc3n(CC(=O)Nc3ccc(C)cc3)c2=O)cc1. The lowest BCUT2D eigenvalue weighted by Gasteiger charge is -2.14. The van der Waals surface area contributed by atoms with E-state index in [0.29, 0.717) is 17.0 Å². The number of anilines is 1. The minimum absolute atomic E-state index is 0.0494. The zero-order chi connectivity index (χ0) is 22.7. The molecule has 0 saturated heterocycles. The molecule has 0 aliphatic rings. The van der Waals surface area contributed by atoms with E-state index in [4.69, 9.17) is 4.74 Å². The predicted octanol–water partition coefficient (Wildman–Crippen LogP) is 2.56. The number of carbonyl (C=O) groups is 1. The number of ether oxygens (including phenoxy) is 1. The molecule has 8 nitrogen and oxygen atoms in total. The molecule has 0 aliphatic carbocycles. The van der Waals surface area contributed by atoms with Crippen LogP contribution < -0.4 is 21.3 Å². The number of aryl methyl sites for hydroxylation is 1. The molecule has 0 unspecified atom stereocenters. The molecule has 8 heteroatoms. The van der Waals surface area contributed by atoms with Crippen molar-refractivity contribution in [2.45, 2.75) is 20.0 Å². The summed E-state index contributed by atoms with van der Waals surface area (Å²) in [4.78, 5) is 43.1. The number of aromatic nitrogens is 3. The van der Waals surface area contributed by atoms with Gasteiger partial charge in [0.1, 0.15) is 12.3 Å². The molecule has 0 fully saturated rings. The molecular weight excluding hydrogens is 408 g/mol. The summed E-state index contributed by atoms with van der Waals surface area (Å²) in [6.45, 7) is 1.75. The van der Waals surface area contributed by atoms with E-state index < -0.39 is 11.2 Å². The number of rotatable bonds is 6. The molecule has 2 heterocycles. The monoisotopic (exact) mass is 430 g/mol. The van der Waals surface area contributed by atoms with Crippen LogP contribution in [0.3, 0.4) is 0 Å². The van der Waals surface area contributed by atoms with Crippen LogP contribution in [0.15, 0.2) is 76.4 Å². The highest BCUT2D eigenvalue weighted by Crippen LogP contribution is 2.13. The van der Waals surface area contributed by atoms with Gasteiger partial charge in [0.25, 0.3) is 5.56 Å². The van der Waals surface area contributed by atoms with E-state index >= 15 is 0 Å². The van der Waals surface area contributed by atoms with Crippen LogP contribution in [-0.4, -0.2) is 27.1 Å². The van der Waals surface area contributed by atoms with Gasteiger partial charge >= 0.3 is 5.69 Å². The first-order valence-electron chi connectivity index (χ1n) is 10.0. The van der Waals surface area contributed by atoms with Gasteiger partial charge in [0.15, 0.2) is 5.52 Å². The Kier molecular flexibility index (Phi) is 5.85. The third-order valence-electron chi connectivity index (χ3n) is 5.12. The second-order valence-corrected chi connectivity index (χ2v) is 7.39. The van der Waals surface area contributed by atoms with Crippen LogP contribution in [0.25, 0.3) is 11.0 Å². The zero-order valence-corrected chi connectivity index (χ0v) is 17.7. The average molecular weight is 430 g/mol. The summed E-state index contributed by atoms with van der Waals surface area (Å²) in [7, 11) is 1.56. The maximum Gasteiger partial charge on any atom is 0.332 e. The fourth-order valence-electron chi connectivity index (χ4n) is 3.43. The molecule has 162 valence electrons. The maximum absolute atomic E-state index is 13.3. The standard InChI is InChI=1S/C24H22N4O4/c1-16-5-9-18(10-6-16)26-21(29)15-27-20-4-3-13-25-22(20)23(30)28(24(27)31)14-17-7-11-19(32-2)12-8-17/h3-13H,14-15H2,1-2H3,(H,26,29). The molecule has 0 radical (unpaired) electrons. The summed E-state index contributed by atoms with van der Waals surface area (Å²) in [6.07, 6.45) is 1.49. The first-order chi connectivity index (χ1) is 15.5. The molecule has 2 aromatic heterocycles. The van der Waals surface area contributed by atoms with Gasteiger partial charge in [-0.3, -0.25) is 18.7 Å². The molecule has 4 rings (SSSR count). The second-order valence-electron chi connectivity index (χ2n) is 7.39. The Morgan fingerprint density at radius 1 is 1.00 bits per heavy atom. The van der Waals surface area contributed by atoms with Crippen molar-refractivity contribution in [1.82, 2.24) is 14.1 Å². The Bertz CT molecular complexity index is 1390. The third kappa shape index (κ3) is 4.29. The smallest absolute Gasteiger partial charge is 0.332 e. The largest absolute Gasteiger partial charge is 0.497 e. The fourth-order valence-corrected chi connectivity index (χ4v) is 3.43. The highest BCUT2D eigenvalue weighted by Gasteiger charge is 2.16. The Hall–Kier alpha value is -4.20. The van der Waals surface area contributed by atoms with Crippen LogP contribution in [0.4, 0.5) is 5.69 Å². The Balaban J connectivity index is 1.72. The summed E-state index contributed by atoms with van der Waals surface area (Å²) in [6, 6.07) is 17.7. The lowest BCUT2D eigenvalue weighted by atomic mass is 10.2. The summed E-state index contributed by atoms with van der Waals surface area (Å²) >= 11 is 0. The number of amides is 1. The van der Waals surface area contributed by atoms with Gasteiger partial charge in [-0.1, -0.05) is 29.8 Å². The lowest BCUT2D eigenvalue weighted by Crippen LogP contribution is -2.42. The maximum atomic E-state index is 13.3. The first kappa shape index (κ1) is 21.0. The number of pyridine rings is 1. The number of hydrogen-bond donors (Lipinski definition) is 1. The van der Waals surface area contributed by atoms with E-state index in [9.17, 15) is 14.4 Å². The third-order valence-corrected chi connectivity index (χ3v) is 5.12. The van der Waals surface area contributed by atoms with Gasteiger partial charge in [0, 0.05) is 11.9 Å². The second kappa shape index (κ2) is 8.89. The topological polar surface area (TPSA) is 95.2 Å². The summed E-state index contributed by atoms with van der Waals surface area (Å²) in [5, 5.41) is 2.79. The molecule has 1 amide bonds. The number of fused-ring (bicyclic) bond motifs is 1. The van der Waals surface area contributed by atoms with Crippen LogP contribution in [0.2, 0.25) is 0 Å². The number of nitrogens with zero attached hydrogens (tertiary/aromatic N) is 3. The van der Waals surface area contributed by atoms with Gasteiger partial charge in [-0.2, -0.15) is 0 Å². The number of benzene rings is 2. The van der Waals surface area contributed by atoms with E-state index in [0.717, 1.165) is 15.7 Å². The molecule has 0 bridgehead atoms. The minimum atomic E-state index is -0.578. The molecule has 0 aliphatic heterocycles. The lowest BCUT2D eigenvalue weighted by molar-refractivity contribution is -0.116. The molecule has 32 heavy (non-hydrogen) atoms. The number of methoxy groups -OCH3 is 1. The molecule has 0 spiro atoms. The fraction of sp³-hybridized carbons (Fsp3) is 0.167. The zero-order valence-electron chi connectivity index (χ0n) is 17.7. The number of carbonyl (C=O) groups excluding carboxylic acids is 1. The molecular formula is C24H22N4O4. The van der Waals surface area contributed by atoms with Gasteiger partial charge in [-0.05, 0) is 48.9 Å². The van der Waals surface area contributed by atoms with E-state index in [1.165, 1.54) is 10.8 Å². The summed E-state index contributed by atoms with van der Waals surface area (Å²) < 4.78 is 7.52. The first-order valence-corrected chi connectivity index (χ1v) is 10.0. The quantitative estimate of drug-likeness (QED) is 0.507. The van der Waals surface area contributed by atoms with Crippen LogP contribution in [0, 0.1) is 6.92 Å². The van der Waals surface area contributed by atoms with Gasteiger partial charge in [-0.25, -0.2) is 9.78 Å². The molecule has 0 atom stereocenters. The predicted molar refractivity (Wildman–Crippen MR) is 122 cm³/mol. The Morgan fingerprint density at radius 2 is 1.72 bits per heavy atom. The minimum Gasteiger partial charge on any atom is -0.497 e. The summed E-state index contributed by atoms with van der Waals surface area (Å²) in [5.74, 6) is 0.294. The van der Waals surface area contributed by atoms with Gasteiger partial charge in [0.05, 0.1) is 19.2 Å². The summed E-state index contributed by atoms with van der Waals surface area (Å²) in [5.41, 5.74) is 1.80.